The molecule has 0 bridgehead atoms. The predicted molar refractivity (Wildman–Crippen MR) is 89.6 cm³/mol. The van der Waals surface area contributed by atoms with Gasteiger partial charge in [0.05, 0.1) is 0 Å². The molecule has 3 rings (SSSR count). The van der Waals surface area contributed by atoms with Gasteiger partial charge < -0.3 is 10.6 Å². The fraction of sp³-hybridized carbons (Fsp3) is 0.316. The molecule has 2 aromatic rings. The summed E-state index contributed by atoms with van der Waals surface area (Å²) in [7, 11) is 1.89. The van der Waals surface area contributed by atoms with Crippen LogP contribution in [0.3, 0.4) is 0 Å². The SMILES string of the molecule is CN(C(=O)c1ccc(-c2ccccc2)cc1)[C@@H]1CC[C@H](N)C1. The summed E-state index contributed by atoms with van der Waals surface area (Å²) < 4.78 is 0. The number of rotatable bonds is 3. The van der Waals surface area contributed by atoms with Crippen LogP contribution < -0.4 is 5.73 Å². The molecule has 3 nitrogen and oxygen atoms in total. The Hall–Kier alpha value is -2.13. The lowest BCUT2D eigenvalue weighted by Crippen LogP contribution is -2.36. The minimum atomic E-state index is 0.0821. The number of hydrogen-bond donors (Lipinski definition) is 1. The first-order valence-corrected chi connectivity index (χ1v) is 7.83. The van der Waals surface area contributed by atoms with E-state index in [0.717, 1.165) is 36.0 Å². The average Bonchev–Trinajstić information content (AvgIpc) is 3.01. The van der Waals surface area contributed by atoms with Crippen LogP contribution >= 0.6 is 0 Å². The van der Waals surface area contributed by atoms with E-state index in [4.69, 9.17) is 5.73 Å². The van der Waals surface area contributed by atoms with Crippen molar-refractivity contribution in [1.82, 2.24) is 4.90 Å². The normalized spacial score (nSPS) is 20.8. The summed E-state index contributed by atoms with van der Waals surface area (Å²) in [5, 5.41) is 0. The van der Waals surface area contributed by atoms with Gasteiger partial charge in [-0.3, -0.25) is 4.79 Å². The molecular weight excluding hydrogens is 272 g/mol. The highest BCUT2D eigenvalue weighted by molar-refractivity contribution is 5.94. The molecule has 2 N–H and O–H groups in total. The van der Waals surface area contributed by atoms with E-state index in [1.165, 1.54) is 0 Å². The number of amides is 1. The van der Waals surface area contributed by atoms with Crippen LogP contribution in [0.4, 0.5) is 0 Å². The van der Waals surface area contributed by atoms with Crippen LogP contribution in [0.15, 0.2) is 54.6 Å². The molecule has 0 aromatic heterocycles. The summed E-state index contributed by atoms with van der Waals surface area (Å²) in [5.41, 5.74) is 8.98. The van der Waals surface area contributed by atoms with E-state index in [1.807, 2.05) is 54.4 Å². The molecule has 0 radical (unpaired) electrons. The topological polar surface area (TPSA) is 46.3 Å². The molecule has 22 heavy (non-hydrogen) atoms. The zero-order valence-electron chi connectivity index (χ0n) is 12.9. The molecule has 2 aromatic carbocycles. The Morgan fingerprint density at radius 3 is 2.23 bits per heavy atom. The molecule has 3 heteroatoms. The van der Waals surface area contributed by atoms with Crippen molar-refractivity contribution in [2.24, 2.45) is 5.73 Å². The number of carbonyl (C=O) groups is 1. The first kappa shape index (κ1) is 14.8. The second kappa shape index (κ2) is 6.32. The van der Waals surface area contributed by atoms with Gasteiger partial charge in [0.2, 0.25) is 0 Å². The maximum atomic E-state index is 12.6. The molecular formula is C19H22N2O. The smallest absolute Gasteiger partial charge is 0.253 e. The highest BCUT2D eigenvalue weighted by Gasteiger charge is 2.28. The van der Waals surface area contributed by atoms with E-state index in [-0.39, 0.29) is 18.0 Å². The fourth-order valence-electron chi connectivity index (χ4n) is 3.15. The van der Waals surface area contributed by atoms with Crippen molar-refractivity contribution in [2.75, 3.05) is 7.05 Å². The Morgan fingerprint density at radius 2 is 1.64 bits per heavy atom. The lowest BCUT2D eigenvalue weighted by Gasteiger charge is -2.24. The van der Waals surface area contributed by atoms with Crippen LogP contribution in [0.1, 0.15) is 29.6 Å². The van der Waals surface area contributed by atoms with E-state index >= 15 is 0 Å². The van der Waals surface area contributed by atoms with Gasteiger partial charge in [-0.05, 0) is 42.5 Å². The average molecular weight is 294 g/mol. The Balaban J connectivity index is 1.74. The molecule has 0 unspecified atom stereocenters. The molecule has 0 saturated heterocycles. The maximum absolute atomic E-state index is 12.6. The van der Waals surface area contributed by atoms with Gasteiger partial charge in [-0.1, -0.05) is 42.5 Å². The fourth-order valence-corrected chi connectivity index (χ4v) is 3.15. The lowest BCUT2D eigenvalue weighted by atomic mass is 10.0. The van der Waals surface area contributed by atoms with Crippen molar-refractivity contribution in [3.8, 4) is 11.1 Å². The Labute approximate surface area is 131 Å². The van der Waals surface area contributed by atoms with Gasteiger partial charge in [0, 0.05) is 24.7 Å². The van der Waals surface area contributed by atoms with Gasteiger partial charge >= 0.3 is 0 Å². The van der Waals surface area contributed by atoms with Crippen LogP contribution in [-0.2, 0) is 0 Å². The van der Waals surface area contributed by atoms with Gasteiger partial charge in [0.25, 0.3) is 5.91 Å². The number of benzene rings is 2. The molecule has 1 fully saturated rings. The van der Waals surface area contributed by atoms with Crippen molar-refractivity contribution >= 4 is 5.91 Å². The Bertz CT molecular complexity index is 636. The maximum Gasteiger partial charge on any atom is 0.253 e. The first-order valence-electron chi connectivity index (χ1n) is 7.83. The monoisotopic (exact) mass is 294 g/mol. The quantitative estimate of drug-likeness (QED) is 0.944. The third kappa shape index (κ3) is 3.04. The van der Waals surface area contributed by atoms with Crippen LogP contribution in [0.2, 0.25) is 0 Å². The van der Waals surface area contributed by atoms with Gasteiger partial charge in [0.15, 0.2) is 0 Å². The number of nitrogens with two attached hydrogens (primary N) is 1. The summed E-state index contributed by atoms with van der Waals surface area (Å²) in [4.78, 5) is 14.4. The molecule has 1 amide bonds. The van der Waals surface area contributed by atoms with Crippen LogP contribution in [0.25, 0.3) is 11.1 Å². The van der Waals surface area contributed by atoms with Crippen molar-refractivity contribution in [2.45, 2.75) is 31.3 Å². The largest absolute Gasteiger partial charge is 0.339 e. The predicted octanol–water partition coefficient (Wildman–Crippen LogP) is 3.31. The van der Waals surface area contributed by atoms with Crippen molar-refractivity contribution in [3.05, 3.63) is 60.2 Å². The van der Waals surface area contributed by atoms with Crippen molar-refractivity contribution in [1.29, 1.82) is 0 Å². The second-order valence-electron chi connectivity index (χ2n) is 6.09. The molecule has 0 spiro atoms. The highest BCUT2D eigenvalue weighted by atomic mass is 16.2. The minimum absolute atomic E-state index is 0.0821. The molecule has 1 saturated carbocycles. The molecule has 1 aliphatic rings. The third-order valence-corrected chi connectivity index (χ3v) is 4.55. The van der Waals surface area contributed by atoms with Crippen LogP contribution in [0.5, 0.6) is 0 Å². The van der Waals surface area contributed by atoms with E-state index in [1.54, 1.807) is 0 Å². The Kier molecular flexibility index (Phi) is 4.25. The zero-order chi connectivity index (χ0) is 15.5. The number of hydrogen-bond acceptors (Lipinski definition) is 2. The van der Waals surface area contributed by atoms with Gasteiger partial charge in [-0.15, -0.1) is 0 Å². The highest BCUT2D eigenvalue weighted by Crippen LogP contribution is 2.24. The third-order valence-electron chi connectivity index (χ3n) is 4.55. The summed E-state index contributed by atoms with van der Waals surface area (Å²) in [5.74, 6) is 0.0821. The summed E-state index contributed by atoms with van der Waals surface area (Å²) >= 11 is 0. The van der Waals surface area contributed by atoms with Crippen LogP contribution in [-0.4, -0.2) is 29.9 Å². The summed E-state index contributed by atoms with van der Waals surface area (Å²) in [6.07, 6.45) is 2.92. The molecule has 0 aliphatic heterocycles. The number of nitrogens with zero attached hydrogens (tertiary/aromatic N) is 1. The minimum Gasteiger partial charge on any atom is -0.339 e. The van der Waals surface area contributed by atoms with Crippen molar-refractivity contribution in [3.63, 3.8) is 0 Å². The van der Waals surface area contributed by atoms with E-state index < -0.39 is 0 Å². The summed E-state index contributed by atoms with van der Waals surface area (Å²) in [6.45, 7) is 0. The lowest BCUT2D eigenvalue weighted by molar-refractivity contribution is 0.0734. The number of carbonyl (C=O) groups excluding carboxylic acids is 1. The second-order valence-corrected chi connectivity index (χ2v) is 6.09. The first-order chi connectivity index (χ1) is 10.6. The summed E-state index contributed by atoms with van der Waals surface area (Å²) in [6, 6.07) is 18.5. The van der Waals surface area contributed by atoms with Gasteiger partial charge in [-0.25, -0.2) is 0 Å². The van der Waals surface area contributed by atoms with Gasteiger partial charge in [-0.2, -0.15) is 0 Å². The molecule has 2 atom stereocenters. The van der Waals surface area contributed by atoms with E-state index in [0.29, 0.717) is 0 Å². The van der Waals surface area contributed by atoms with Crippen molar-refractivity contribution < 1.29 is 4.79 Å². The van der Waals surface area contributed by atoms with E-state index in [9.17, 15) is 4.79 Å². The standard InChI is InChI=1S/C19H22N2O/c1-21(18-12-11-17(20)13-18)19(22)16-9-7-15(8-10-16)14-5-3-2-4-6-14/h2-10,17-18H,11-13,20H2,1H3/t17-,18+/m0/s1. The molecule has 0 heterocycles. The van der Waals surface area contributed by atoms with Gasteiger partial charge in [0.1, 0.15) is 0 Å². The van der Waals surface area contributed by atoms with Crippen LogP contribution in [0, 0.1) is 0 Å². The Morgan fingerprint density at radius 1 is 1.00 bits per heavy atom. The van der Waals surface area contributed by atoms with E-state index in [2.05, 4.69) is 12.1 Å². The molecule has 114 valence electrons. The zero-order valence-corrected chi connectivity index (χ0v) is 12.9. The molecule has 1 aliphatic carbocycles.